The second kappa shape index (κ2) is 5.24. The number of rotatable bonds is 3. The molecule has 1 aliphatic rings. The second-order valence-electron chi connectivity index (χ2n) is 5.19. The number of benzene rings is 2. The van der Waals surface area contributed by atoms with Crippen LogP contribution in [0.15, 0.2) is 42.5 Å². The van der Waals surface area contributed by atoms with Gasteiger partial charge in [0.05, 0.1) is 15.5 Å². The van der Waals surface area contributed by atoms with Crippen LogP contribution in [0.5, 0.6) is 5.75 Å². The molecule has 1 amide bonds. The van der Waals surface area contributed by atoms with Gasteiger partial charge in [-0.1, -0.05) is 53.5 Å². The van der Waals surface area contributed by atoms with Crippen LogP contribution >= 0.6 is 23.2 Å². The van der Waals surface area contributed by atoms with E-state index in [0.717, 1.165) is 18.4 Å². The van der Waals surface area contributed by atoms with E-state index in [4.69, 9.17) is 23.2 Å². The summed E-state index contributed by atoms with van der Waals surface area (Å²) in [5.41, 5.74) is 1.03. The van der Waals surface area contributed by atoms with Crippen LogP contribution in [-0.2, 0) is 10.2 Å². The summed E-state index contributed by atoms with van der Waals surface area (Å²) in [7, 11) is 0. The SMILES string of the molecule is O=C(Nc1cc(Cl)c(O)c(Cl)c1)C1(c2ccccc2)CC1. The third-order valence-electron chi connectivity index (χ3n) is 3.79. The molecular weight excluding hydrogens is 309 g/mol. The first-order valence-electron chi connectivity index (χ1n) is 6.58. The van der Waals surface area contributed by atoms with Gasteiger partial charge in [0.25, 0.3) is 0 Å². The normalized spacial score (nSPS) is 15.5. The number of amides is 1. The van der Waals surface area contributed by atoms with E-state index in [0.29, 0.717) is 5.69 Å². The molecule has 0 radical (unpaired) electrons. The molecule has 0 aromatic heterocycles. The highest BCUT2D eigenvalue weighted by Crippen LogP contribution is 2.49. The Hall–Kier alpha value is -1.71. The van der Waals surface area contributed by atoms with Crippen molar-refractivity contribution in [3.63, 3.8) is 0 Å². The number of carbonyl (C=O) groups is 1. The first kappa shape index (κ1) is 14.2. The molecule has 0 spiro atoms. The Labute approximate surface area is 132 Å². The number of hydrogen-bond acceptors (Lipinski definition) is 2. The largest absolute Gasteiger partial charge is 0.505 e. The third kappa shape index (κ3) is 2.59. The maximum Gasteiger partial charge on any atom is 0.235 e. The van der Waals surface area contributed by atoms with E-state index in [1.54, 1.807) is 0 Å². The summed E-state index contributed by atoms with van der Waals surface area (Å²) in [6.07, 6.45) is 1.64. The topological polar surface area (TPSA) is 49.3 Å². The number of phenolic OH excluding ortho intramolecular Hbond substituents is 1. The van der Waals surface area contributed by atoms with Gasteiger partial charge in [-0.2, -0.15) is 0 Å². The fraction of sp³-hybridized carbons (Fsp3) is 0.188. The van der Waals surface area contributed by atoms with Crippen LogP contribution in [0.1, 0.15) is 18.4 Å². The zero-order valence-electron chi connectivity index (χ0n) is 11.1. The minimum atomic E-state index is -0.460. The van der Waals surface area contributed by atoms with Crippen molar-refractivity contribution < 1.29 is 9.90 Å². The monoisotopic (exact) mass is 321 g/mol. The van der Waals surface area contributed by atoms with Crippen molar-refractivity contribution in [1.82, 2.24) is 0 Å². The van der Waals surface area contributed by atoms with Crippen molar-refractivity contribution >= 4 is 34.8 Å². The van der Waals surface area contributed by atoms with Gasteiger partial charge in [-0.3, -0.25) is 4.79 Å². The van der Waals surface area contributed by atoms with Gasteiger partial charge in [0, 0.05) is 5.69 Å². The van der Waals surface area contributed by atoms with Crippen LogP contribution in [0, 0.1) is 0 Å². The van der Waals surface area contributed by atoms with Crippen molar-refractivity contribution in [2.24, 2.45) is 0 Å². The van der Waals surface area contributed by atoms with Crippen molar-refractivity contribution in [2.75, 3.05) is 5.32 Å². The Morgan fingerprint density at radius 2 is 1.67 bits per heavy atom. The summed E-state index contributed by atoms with van der Waals surface area (Å²) in [4.78, 5) is 12.5. The zero-order valence-corrected chi connectivity index (χ0v) is 12.6. The van der Waals surface area contributed by atoms with Gasteiger partial charge >= 0.3 is 0 Å². The summed E-state index contributed by atoms with van der Waals surface area (Å²) >= 11 is 11.7. The Morgan fingerprint density at radius 3 is 2.19 bits per heavy atom. The first-order chi connectivity index (χ1) is 10.0. The highest BCUT2D eigenvalue weighted by molar-refractivity contribution is 6.37. The first-order valence-corrected chi connectivity index (χ1v) is 7.33. The maximum atomic E-state index is 12.5. The average molecular weight is 322 g/mol. The van der Waals surface area contributed by atoms with Gasteiger partial charge in [0.2, 0.25) is 5.91 Å². The predicted molar refractivity (Wildman–Crippen MR) is 84.1 cm³/mol. The molecule has 3 rings (SSSR count). The second-order valence-corrected chi connectivity index (χ2v) is 6.01. The van der Waals surface area contributed by atoms with E-state index in [2.05, 4.69) is 5.32 Å². The van der Waals surface area contributed by atoms with Gasteiger partial charge in [-0.25, -0.2) is 0 Å². The van der Waals surface area contributed by atoms with Crippen LogP contribution in [0.25, 0.3) is 0 Å². The van der Waals surface area contributed by atoms with Crippen LogP contribution in [-0.4, -0.2) is 11.0 Å². The summed E-state index contributed by atoms with van der Waals surface area (Å²) in [5, 5.41) is 12.6. The molecule has 0 atom stereocenters. The quantitative estimate of drug-likeness (QED) is 0.825. The van der Waals surface area contributed by atoms with E-state index in [9.17, 15) is 9.90 Å². The van der Waals surface area contributed by atoms with E-state index in [1.807, 2.05) is 30.3 Å². The molecule has 0 bridgehead atoms. The molecule has 21 heavy (non-hydrogen) atoms. The molecule has 1 aliphatic carbocycles. The number of hydrogen-bond donors (Lipinski definition) is 2. The van der Waals surface area contributed by atoms with E-state index < -0.39 is 5.41 Å². The van der Waals surface area contributed by atoms with Crippen LogP contribution in [0.3, 0.4) is 0 Å². The molecular formula is C16H13Cl2NO2. The molecule has 1 fully saturated rings. The summed E-state index contributed by atoms with van der Waals surface area (Å²) in [6, 6.07) is 12.7. The molecule has 0 saturated heterocycles. The van der Waals surface area contributed by atoms with Gasteiger partial charge in [0.15, 0.2) is 5.75 Å². The van der Waals surface area contributed by atoms with Gasteiger partial charge in [-0.15, -0.1) is 0 Å². The highest BCUT2D eigenvalue weighted by Gasteiger charge is 2.51. The summed E-state index contributed by atoms with van der Waals surface area (Å²) < 4.78 is 0. The number of phenols is 1. The summed E-state index contributed by atoms with van der Waals surface area (Å²) in [5.74, 6) is -0.257. The third-order valence-corrected chi connectivity index (χ3v) is 4.36. The molecule has 0 aliphatic heterocycles. The summed E-state index contributed by atoms with van der Waals surface area (Å²) in [6.45, 7) is 0. The van der Waals surface area contributed by atoms with Crippen LogP contribution in [0.2, 0.25) is 10.0 Å². The zero-order chi connectivity index (χ0) is 15.0. The lowest BCUT2D eigenvalue weighted by atomic mass is 9.95. The molecule has 2 aromatic rings. The minimum Gasteiger partial charge on any atom is -0.505 e. The number of nitrogens with one attached hydrogen (secondary N) is 1. The number of halogens is 2. The van der Waals surface area contributed by atoms with Crippen molar-refractivity contribution in [2.45, 2.75) is 18.3 Å². The smallest absolute Gasteiger partial charge is 0.235 e. The Bertz CT molecular complexity index is 674. The average Bonchev–Trinajstić information content (AvgIpc) is 3.27. The molecule has 2 N–H and O–H groups in total. The lowest BCUT2D eigenvalue weighted by Gasteiger charge is -2.16. The Balaban J connectivity index is 1.85. The molecule has 1 saturated carbocycles. The van der Waals surface area contributed by atoms with Crippen molar-refractivity contribution in [3.8, 4) is 5.75 Å². The number of carbonyl (C=O) groups excluding carboxylic acids is 1. The van der Waals surface area contributed by atoms with Gasteiger partial charge < -0.3 is 10.4 Å². The number of aromatic hydroxyl groups is 1. The molecule has 0 heterocycles. The molecule has 3 nitrogen and oxygen atoms in total. The van der Waals surface area contributed by atoms with Crippen LogP contribution < -0.4 is 5.32 Å². The fourth-order valence-corrected chi connectivity index (χ4v) is 2.90. The van der Waals surface area contributed by atoms with Gasteiger partial charge in [-0.05, 0) is 30.5 Å². The Morgan fingerprint density at radius 1 is 1.10 bits per heavy atom. The van der Waals surface area contributed by atoms with Crippen molar-refractivity contribution in [3.05, 3.63) is 58.1 Å². The number of anilines is 1. The maximum absolute atomic E-state index is 12.5. The molecule has 5 heteroatoms. The van der Waals surface area contributed by atoms with Gasteiger partial charge in [0.1, 0.15) is 0 Å². The molecule has 2 aromatic carbocycles. The fourth-order valence-electron chi connectivity index (χ4n) is 2.42. The molecule has 108 valence electrons. The van der Waals surface area contributed by atoms with E-state index in [-0.39, 0.29) is 21.7 Å². The van der Waals surface area contributed by atoms with Crippen LogP contribution in [0.4, 0.5) is 5.69 Å². The lowest BCUT2D eigenvalue weighted by molar-refractivity contribution is -0.118. The van der Waals surface area contributed by atoms with Crippen molar-refractivity contribution in [1.29, 1.82) is 0 Å². The van der Waals surface area contributed by atoms with E-state index >= 15 is 0 Å². The predicted octanol–water partition coefficient (Wildman–Crippen LogP) is 4.37. The minimum absolute atomic E-state index is 0.0773. The standard InChI is InChI=1S/C16H13Cl2NO2/c17-12-8-11(9-13(18)14(12)20)19-15(21)16(6-7-16)10-4-2-1-3-5-10/h1-5,8-9,20H,6-7H2,(H,19,21). The lowest BCUT2D eigenvalue weighted by Crippen LogP contribution is -2.27. The highest BCUT2D eigenvalue weighted by atomic mass is 35.5. The molecule has 0 unspecified atom stereocenters. The van der Waals surface area contributed by atoms with E-state index in [1.165, 1.54) is 12.1 Å². The Kier molecular flexibility index (Phi) is 3.56.